The molecule has 0 unspecified atom stereocenters. The summed E-state index contributed by atoms with van der Waals surface area (Å²) in [5.41, 5.74) is 0.597. The zero-order valence-electron chi connectivity index (χ0n) is 14.4. The summed E-state index contributed by atoms with van der Waals surface area (Å²) in [6.07, 6.45) is 1.92. The molecule has 1 atom stereocenters. The van der Waals surface area contributed by atoms with Crippen LogP contribution in [0.4, 0.5) is 0 Å². The van der Waals surface area contributed by atoms with Crippen molar-refractivity contribution in [3.05, 3.63) is 54.1 Å². The minimum Gasteiger partial charge on any atom is -0.494 e. The molecule has 1 aliphatic heterocycles. The highest BCUT2D eigenvalue weighted by Crippen LogP contribution is 2.30. The summed E-state index contributed by atoms with van der Waals surface area (Å²) in [5, 5.41) is 2.89. The van der Waals surface area contributed by atoms with Gasteiger partial charge < -0.3 is 19.5 Å². The first kappa shape index (κ1) is 17.1. The molecule has 0 radical (unpaired) electrons. The number of carbonyl (C=O) groups is 1. The van der Waals surface area contributed by atoms with Crippen molar-refractivity contribution >= 4 is 5.91 Å². The standard InChI is InChI=1S/C20H23NO4/c1-2-3-12-23-16-10-8-15(9-11-16)20(22)21-13-17-14-24-18-6-4-5-7-19(18)25-17/h4-11,17H,2-3,12-14H2,1H3,(H,21,22)/t17-/m0/s1. The zero-order chi connectivity index (χ0) is 17.5. The van der Waals surface area contributed by atoms with E-state index in [0.717, 1.165) is 24.3 Å². The van der Waals surface area contributed by atoms with Gasteiger partial charge in [-0.05, 0) is 42.8 Å². The Morgan fingerprint density at radius 3 is 2.68 bits per heavy atom. The highest BCUT2D eigenvalue weighted by atomic mass is 16.6. The third-order valence-corrected chi connectivity index (χ3v) is 3.94. The minimum absolute atomic E-state index is 0.137. The molecule has 25 heavy (non-hydrogen) atoms. The molecule has 1 aliphatic rings. The van der Waals surface area contributed by atoms with Crippen molar-refractivity contribution in [2.24, 2.45) is 0 Å². The molecule has 1 N–H and O–H groups in total. The number of hydrogen-bond acceptors (Lipinski definition) is 4. The van der Waals surface area contributed by atoms with E-state index >= 15 is 0 Å². The Morgan fingerprint density at radius 2 is 1.92 bits per heavy atom. The third-order valence-electron chi connectivity index (χ3n) is 3.94. The number of para-hydroxylation sites is 2. The number of unbranched alkanes of at least 4 members (excludes halogenated alkanes) is 1. The van der Waals surface area contributed by atoms with Gasteiger partial charge in [-0.25, -0.2) is 0 Å². The lowest BCUT2D eigenvalue weighted by atomic mass is 10.2. The fourth-order valence-electron chi connectivity index (χ4n) is 2.51. The van der Waals surface area contributed by atoms with E-state index < -0.39 is 0 Å². The smallest absolute Gasteiger partial charge is 0.251 e. The van der Waals surface area contributed by atoms with Gasteiger partial charge in [0.05, 0.1) is 13.2 Å². The van der Waals surface area contributed by atoms with Gasteiger partial charge in [-0.2, -0.15) is 0 Å². The maximum atomic E-state index is 12.3. The van der Waals surface area contributed by atoms with Crippen LogP contribution in [-0.2, 0) is 0 Å². The molecule has 0 saturated carbocycles. The molecule has 2 aromatic carbocycles. The summed E-state index contributed by atoms with van der Waals surface area (Å²) < 4.78 is 17.1. The summed E-state index contributed by atoms with van der Waals surface area (Å²) in [4.78, 5) is 12.3. The molecule has 0 saturated heterocycles. The van der Waals surface area contributed by atoms with Gasteiger partial charge in [-0.1, -0.05) is 25.5 Å². The molecule has 2 aromatic rings. The first-order valence-electron chi connectivity index (χ1n) is 8.66. The molecule has 5 heteroatoms. The molecule has 1 amide bonds. The second-order valence-corrected chi connectivity index (χ2v) is 5.93. The van der Waals surface area contributed by atoms with Crippen molar-refractivity contribution in [1.82, 2.24) is 5.32 Å². The first-order chi connectivity index (χ1) is 12.3. The van der Waals surface area contributed by atoms with E-state index in [1.54, 1.807) is 12.1 Å². The van der Waals surface area contributed by atoms with Crippen molar-refractivity contribution < 1.29 is 19.0 Å². The number of benzene rings is 2. The molecular formula is C20H23NO4. The van der Waals surface area contributed by atoms with Gasteiger partial charge in [0, 0.05) is 5.56 Å². The van der Waals surface area contributed by atoms with Crippen molar-refractivity contribution in [3.63, 3.8) is 0 Å². The molecule has 0 aromatic heterocycles. The van der Waals surface area contributed by atoms with Crippen molar-refractivity contribution in [1.29, 1.82) is 0 Å². The van der Waals surface area contributed by atoms with Crippen LogP contribution < -0.4 is 19.5 Å². The minimum atomic E-state index is -0.199. The highest BCUT2D eigenvalue weighted by molar-refractivity contribution is 5.94. The monoisotopic (exact) mass is 341 g/mol. The summed E-state index contributed by atoms with van der Waals surface area (Å²) >= 11 is 0. The van der Waals surface area contributed by atoms with Gasteiger partial charge in [-0.3, -0.25) is 4.79 Å². The SMILES string of the molecule is CCCCOc1ccc(C(=O)NC[C@H]2COc3ccccc3O2)cc1. The average Bonchev–Trinajstić information content (AvgIpc) is 2.66. The summed E-state index contributed by atoms with van der Waals surface area (Å²) in [6.45, 7) is 3.63. The Morgan fingerprint density at radius 1 is 1.16 bits per heavy atom. The largest absolute Gasteiger partial charge is 0.494 e. The van der Waals surface area contributed by atoms with Crippen molar-refractivity contribution in [2.75, 3.05) is 19.8 Å². The quantitative estimate of drug-likeness (QED) is 0.784. The lowest BCUT2D eigenvalue weighted by Crippen LogP contribution is -2.40. The van der Waals surface area contributed by atoms with E-state index in [9.17, 15) is 4.79 Å². The normalized spacial score (nSPS) is 15.5. The predicted octanol–water partition coefficient (Wildman–Crippen LogP) is 3.44. The fraction of sp³-hybridized carbons (Fsp3) is 0.350. The van der Waals surface area contributed by atoms with E-state index in [-0.39, 0.29) is 12.0 Å². The van der Waals surface area contributed by atoms with Crippen LogP contribution in [0.2, 0.25) is 0 Å². The van der Waals surface area contributed by atoms with Gasteiger partial charge in [0.2, 0.25) is 0 Å². The number of hydrogen-bond donors (Lipinski definition) is 1. The molecule has 0 spiro atoms. The second-order valence-electron chi connectivity index (χ2n) is 5.93. The number of carbonyl (C=O) groups excluding carboxylic acids is 1. The Kier molecular flexibility index (Phi) is 5.77. The summed E-state index contributed by atoms with van der Waals surface area (Å²) in [5.74, 6) is 2.10. The summed E-state index contributed by atoms with van der Waals surface area (Å²) in [7, 11) is 0. The fourth-order valence-corrected chi connectivity index (χ4v) is 2.51. The Hall–Kier alpha value is -2.69. The molecule has 1 heterocycles. The lowest BCUT2D eigenvalue weighted by Gasteiger charge is -2.26. The summed E-state index contributed by atoms with van der Waals surface area (Å²) in [6, 6.07) is 14.7. The highest BCUT2D eigenvalue weighted by Gasteiger charge is 2.21. The molecule has 5 nitrogen and oxygen atoms in total. The maximum absolute atomic E-state index is 12.3. The van der Waals surface area contributed by atoms with E-state index in [1.165, 1.54) is 0 Å². The zero-order valence-corrected chi connectivity index (χ0v) is 14.4. The van der Waals surface area contributed by atoms with Crippen molar-refractivity contribution in [2.45, 2.75) is 25.9 Å². The maximum Gasteiger partial charge on any atom is 0.251 e. The van der Waals surface area contributed by atoms with Crippen LogP contribution in [0, 0.1) is 0 Å². The number of amides is 1. The van der Waals surface area contributed by atoms with Crippen LogP contribution >= 0.6 is 0 Å². The van der Waals surface area contributed by atoms with Crippen LogP contribution in [0.25, 0.3) is 0 Å². The Bertz CT molecular complexity index is 699. The second kappa shape index (κ2) is 8.42. The Labute approximate surface area is 147 Å². The topological polar surface area (TPSA) is 56.8 Å². The molecule has 0 fully saturated rings. The van der Waals surface area contributed by atoms with Crippen LogP contribution in [-0.4, -0.2) is 31.8 Å². The van der Waals surface area contributed by atoms with E-state index in [4.69, 9.17) is 14.2 Å². The van der Waals surface area contributed by atoms with Crippen LogP contribution in [0.15, 0.2) is 48.5 Å². The average molecular weight is 341 g/mol. The van der Waals surface area contributed by atoms with E-state index in [0.29, 0.717) is 31.1 Å². The molecular weight excluding hydrogens is 318 g/mol. The van der Waals surface area contributed by atoms with E-state index in [2.05, 4.69) is 12.2 Å². The van der Waals surface area contributed by atoms with Gasteiger partial charge in [0.15, 0.2) is 11.5 Å². The lowest BCUT2D eigenvalue weighted by molar-refractivity contribution is 0.0789. The van der Waals surface area contributed by atoms with Gasteiger partial charge in [0.1, 0.15) is 18.5 Å². The van der Waals surface area contributed by atoms with Crippen LogP contribution in [0.5, 0.6) is 17.2 Å². The van der Waals surface area contributed by atoms with Gasteiger partial charge >= 0.3 is 0 Å². The number of ether oxygens (including phenoxy) is 3. The van der Waals surface area contributed by atoms with E-state index in [1.807, 2.05) is 36.4 Å². The number of fused-ring (bicyclic) bond motifs is 1. The first-order valence-corrected chi connectivity index (χ1v) is 8.66. The third kappa shape index (κ3) is 4.66. The van der Waals surface area contributed by atoms with Crippen molar-refractivity contribution in [3.8, 4) is 17.2 Å². The van der Waals surface area contributed by atoms with Gasteiger partial charge in [0.25, 0.3) is 5.91 Å². The van der Waals surface area contributed by atoms with Crippen LogP contribution in [0.3, 0.4) is 0 Å². The number of rotatable bonds is 7. The molecule has 0 bridgehead atoms. The molecule has 132 valence electrons. The molecule has 0 aliphatic carbocycles. The predicted molar refractivity (Wildman–Crippen MR) is 95.5 cm³/mol. The van der Waals surface area contributed by atoms with Crippen LogP contribution in [0.1, 0.15) is 30.1 Å². The molecule has 3 rings (SSSR count). The Balaban J connectivity index is 1.48. The van der Waals surface area contributed by atoms with Gasteiger partial charge in [-0.15, -0.1) is 0 Å². The number of nitrogens with one attached hydrogen (secondary N) is 1.